The maximum atomic E-state index is 13.5. The summed E-state index contributed by atoms with van der Waals surface area (Å²) in [6, 6.07) is 7.43. The van der Waals surface area contributed by atoms with Crippen molar-refractivity contribution in [2.75, 3.05) is 39.9 Å². The SMILES string of the molecule is COc1ccc2cc1OCCCN(C(=O)c1sc(C)nc1C)CC(=O)N[C@H]1CN(C(=O)CCn3nc(C)cc3C)C[C@H]21. The van der Waals surface area contributed by atoms with Crippen LogP contribution in [0.5, 0.6) is 11.5 Å². The highest BCUT2D eigenvalue weighted by Crippen LogP contribution is 2.35. The lowest BCUT2D eigenvalue weighted by atomic mass is 9.94. The van der Waals surface area contributed by atoms with Crippen molar-refractivity contribution in [3.63, 3.8) is 0 Å². The van der Waals surface area contributed by atoms with Crippen LogP contribution in [0.1, 0.15) is 56.1 Å². The largest absolute Gasteiger partial charge is 0.493 e. The molecule has 2 atom stereocenters. The van der Waals surface area contributed by atoms with Gasteiger partial charge in [0.1, 0.15) is 4.88 Å². The van der Waals surface area contributed by atoms with Gasteiger partial charge in [-0.15, -0.1) is 11.3 Å². The fourth-order valence-corrected chi connectivity index (χ4v) is 6.67. The van der Waals surface area contributed by atoms with Crippen LogP contribution in [0.3, 0.4) is 0 Å². The number of hydrogen-bond acceptors (Lipinski definition) is 8. The Kier molecular flexibility index (Phi) is 8.81. The molecule has 1 fully saturated rings. The van der Waals surface area contributed by atoms with Crippen LogP contribution in [0.25, 0.3) is 0 Å². The predicted octanol–water partition coefficient (Wildman–Crippen LogP) is 3.01. The third-order valence-corrected chi connectivity index (χ3v) is 8.89. The van der Waals surface area contributed by atoms with E-state index in [1.54, 1.807) is 12.0 Å². The Morgan fingerprint density at radius 3 is 2.64 bits per heavy atom. The Morgan fingerprint density at radius 2 is 1.95 bits per heavy atom. The summed E-state index contributed by atoms with van der Waals surface area (Å²) in [5.74, 6) is 0.571. The van der Waals surface area contributed by atoms with Gasteiger partial charge in [-0.2, -0.15) is 5.10 Å². The third kappa shape index (κ3) is 6.43. The number of thiazole rings is 1. The predicted molar refractivity (Wildman–Crippen MR) is 158 cm³/mol. The number of methoxy groups -OCH3 is 1. The highest BCUT2D eigenvalue weighted by molar-refractivity contribution is 7.13. The summed E-state index contributed by atoms with van der Waals surface area (Å²) >= 11 is 1.33. The summed E-state index contributed by atoms with van der Waals surface area (Å²) in [7, 11) is 1.59. The summed E-state index contributed by atoms with van der Waals surface area (Å²) in [6.07, 6.45) is 0.843. The molecule has 42 heavy (non-hydrogen) atoms. The molecule has 12 heteroatoms. The van der Waals surface area contributed by atoms with Crippen molar-refractivity contribution in [1.82, 2.24) is 29.9 Å². The van der Waals surface area contributed by atoms with Gasteiger partial charge in [0.2, 0.25) is 11.8 Å². The minimum atomic E-state index is -0.332. The van der Waals surface area contributed by atoms with Crippen molar-refractivity contribution in [2.45, 2.75) is 59.0 Å². The van der Waals surface area contributed by atoms with E-state index in [0.717, 1.165) is 22.0 Å². The van der Waals surface area contributed by atoms with Crippen molar-refractivity contribution in [3.8, 4) is 11.5 Å². The molecular weight excluding hydrogens is 556 g/mol. The molecule has 1 aromatic carbocycles. The van der Waals surface area contributed by atoms with E-state index in [4.69, 9.17) is 9.47 Å². The molecule has 4 heterocycles. The van der Waals surface area contributed by atoms with E-state index in [0.29, 0.717) is 67.7 Å². The normalized spacial score (nSPS) is 19.2. The molecule has 2 aliphatic rings. The summed E-state index contributed by atoms with van der Waals surface area (Å²) in [5.41, 5.74) is 3.55. The zero-order chi connectivity index (χ0) is 30.0. The lowest BCUT2D eigenvalue weighted by molar-refractivity contribution is -0.131. The molecule has 1 N–H and O–H groups in total. The number of amides is 3. The molecule has 0 radical (unpaired) electrons. The zero-order valence-electron chi connectivity index (χ0n) is 24.8. The van der Waals surface area contributed by atoms with Gasteiger partial charge in [0.15, 0.2) is 11.5 Å². The van der Waals surface area contributed by atoms with E-state index in [1.165, 1.54) is 11.3 Å². The number of carbonyl (C=O) groups is 3. The molecular formula is C30H38N6O5S. The lowest BCUT2D eigenvalue weighted by Crippen LogP contribution is -2.47. The van der Waals surface area contributed by atoms with E-state index in [-0.39, 0.29) is 36.2 Å². The van der Waals surface area contributed by atoms with E-state index in [1.807, 2.05) is 61.5 Å². The quantitative estimate of drug-likeness (QED) is 0.483. The van der Waals surface area contributed by atoms with Crippen LogP contribution in [-0.4, -0.2) is 88.2 Å². The average molecular weight is 595 g/mol. The molecule has 0 spiro atoms. The van der Waals surface area contributed by atoms with Gasteiger partial charge in [0.05, 0.1) is 42.7 Å². The Hall–Kier alpha value is -3.93. The number of nitrogens with one attached hydrogen (secondary N) is 1. The first-order valence-corrected chi connectivity index (χ1v) is 15.1. The molecule has 0 saturated carbocycles. The fourth-order valence-electron chi connectivity index (χ4n) is 5.78. The number of hydrogen-bond donors (Lipinski definition) is 1. The maximum Gasteiger partial charge on any atom is 0.266 e. The zero-order valence-corrected chi connectivity index (χ0v) is 25.6. The second-order valence-electron chi connectivity index (χ2n) is 11.0. The molecule has 2 bridgehead atoms. The van der Waals surface area contributed by atoms with Crippen LogP contribution >= 0.6 is 11.3 Å². The van der Waals surface area contributed by atoms with Gasteiger partial charge in [0, 0.05) is 44.2 Å². The first-order valence-electron chi connectivity index (χ1n) is 14.2. The van der Waals surface area contributed by atoms with Crippen LogP contribution in [-0.2, 0) is 16.1 Å². The van der Waals surface area contributed by atoms with Crippen LogP contribution < -0.4 is 14.8 Å². The van der Waals surface area contributed by atoms with E-state index < -0.39 is 0 Å². The number of aromatic nitrogens is 3. The Bertz CT molecular complexity index is 1480. The summed E-state index contributed by atoms with van der Waals surface area (Å²) in [6.45, 7) is 9.49. The van der Waals surface area contributed by atoms with Crippen LogP contribution in [0.2, 0.25) is 0 Å². The first kappa shape index (κ1) is 29.6. The summed E-state index contributed by atoms with van der Waals surface area (Å²) in [4.78, 5) is 48.6. The van der Waals surface area contributed by atoms with Gasteiger partial charge in [-0.3, -0.25) is 19.1 Å². The smallest absolute Gasteiger partial charge is 0.266 e. The van der Waals surface area contributed by atoms with Gasteiger partial charge >= 0.3 is 0 Å². The molecule has 0 unspecified atom stereocenters. The van der Waals surface area contributed by atoms with Gasteiger partial charge in [-0.1, -0.05) is 6.07 Å². The van der Waals surface area contributed by atoms with E-state index in [9.17, 15) is 14.4 Å². The molecule has 0 aliphatic carbocycles. The molecule has 11 nitrogen and oxygen atoms in total. The summed E-state index contributed by atoms with van der Waals surface area (Å²) < 4.78 is 13.5. The van der Waals surface area contributed by atoms with Crippen molar-refractivity contribution < 1.29 is 23.9 Å². The van der Waals surface area contributed by atoms with Crippen LogP contribution in [0.4, 0.5) is 0 Å². The van der Waals surface area contributed by atoms with Crippen LogP contribution in [0.15, 0.2) is 24.3 Å². The Balaban J connectivity index is 1.38. The highest BCUT2D eigenvalue weighted by Gasteiger charge is 2.38. The second kappa shape index (κ2) is 12.5. The lowest BCUT2D eigenvalue weighted by Gasteiger charge is -2.24. The van der Waals surface area contributed by atoms with E-state index >= 15 is 0 Å². The topological polar surface area (TPSA) is 119 Å². The number of likely N-dealkylation sites (tertiary alicyclic amines) is 1. The molecule has 2 aliphatic heterocycles. The minimum Gasteiger partial charge on any atom is -0.493 e. The molecule has 5 rings (SSSR count). The second-order valence-corrected chi connectivity index (χ2v) is 12.2. The molecule has 3 aromatic rings. The Morgan fingerprint density at radius 1 is 1.14 bits per heavy atom. The highest BCUT2D eigenvalue weighted by atomic mass is 32.1. The number of carbonyl (C=O) groups excluding carboxylic acids is 3. The number of aryl methyl sites for hydroxylation is 5. The molecule has 1 saturated heterocycles. The van der Waals surface area contributed by atoms with E-state index in [2.05, 4.69) is 15.4 Å². The standard InChI is InChI=1S/C30H38N6O5S/c1-18-13-19(2)36(33-18)11-9-28(38)35-15-23-22-7-8-25(40-5)26(14-22)41-12-6-10-34(17-27(37)32-24(23)16-35)30(39)29-20(3)31-21(4)42-29/h7-8,13-14,23-24H,6,9-12,15-17H2,1-5H3,(H,32,37)/t23-,24+/m1/s1. The van der Waals surface area contributed by atoms with Crippen molar-refractivity contribution in [3.05, 3.63) is 56.8 Å². The number of nitrogens with zero attached hydrogens (tertiary/aromatic N) is 5. The third-order valence-electron chi connectivity index (χ3n) is 7.83. The monoisotopic (exact) mass is 594 g/mol. The Labute approximate surface area is 249 Å². The van der Waals surface area contributed by atoms with Gasteiger partial charge < -0.3 is 24.6 Å². The average Bonchev–Trinajstić information content (AvgIpc) is 3.63. The van der Waals surface area contributed by atoms with Gasteiger partial charge in [-0.05, 0) is 57.9 Å². The number of fused-ring (bicyclic) bond motifs is 4. The molecule has 224 valence electrons. The van der Waals surface area contributed by atoms with Crippen LogP contribution in [0, 0.1) is 27.7 Å². The van der Waals surface area contributed by atoms with Crippen molar-refractivity contribution >= 4 is 29.1 Å². The number of ether oxygens (including phenoxy) is 2. The van der Waals surface area contributed by atoms with Crippen molar-refractivity contribution in [2.24, 2.45) is 0 Å². The minimum absolute atomic E-state index is 0.00301. The fraction of sp³-hybridized carbons (Fsp3) is 0.500. The van der Waals surface area contributed by atoms with Crippen molar-refractivity contribution in [1.29, 1.82) is 0 Å². The number of benzene rings is 1. The maximum absolute atomic E-state index is 13.5. The molecule has 2 aromatic heterocycles. The van der Waals surface area contributed by atoms with Gasteiger partial charge in [-0.25, -0.2) is 4.98 Å². The van der Waals surface area contributed by atoms with Gasteiger partial charge in [0.25, 0.3) is 5.91 Å². The summed E-state index contributed by atoms with van der Waals surface area (Å²) in [5, 5.41) is 8.43. The molecule has 3 amide bonds. The number of rotatable bonds is 5. The first-order chi connectivity index (χ1) is 20.1.